The molecule has 1 saturated heterocycles. The highest BCUT2D eigenvalue weighted by Gasteiger charge is 2.66. The Bertz CT molecular complexity index is 1020. The number of fused-ring (bicyclic) bond motifs is 5. The summed E-state index contributed by atoms with van der Waals surface area (Å²) in [5.74, 6) is 0.562. The molecule has 38 heavy (non-hydrogen) atoms. The van der Waals surface area contributed by atoms with E-state index in [2.05, 4.69) is 19.9 Å². The lowest BCUT2D eigenvalue weighted by molar-refractivity contribution is -0.286. The monoisotopic (exact) mass is 532 g/mol. The summed E-state index contributed by atoms with van der Waals surface area (Å²) in [7, 11) is 1.59. The molecule has 6 aliphatic rings. The predicted octanol–water partition coefficient (Wildman–Crippen LogP) is 3.03. The Labute approximate surface area is 225 Å². The molecule has 0 unspecified atom stereocenters. The quantitative estimate of drug-likeness (QED) is 0.374. The second-order valence-corrected chi connectivity index (χ2v) is 13.3. The van der Waals surface area contributed by atoms with E-state index >= 15 is 0 Å². The van der Waals surface area contributed by atoms with Crippen LogP contribution in [0.25, 0.3) is 0 Å². The molecule has 8 heteroatoms. The summed E-state index contributed by atoms with van der Waals surface area (Å²) < 4.78 is 22.9. The standard InChI is InChI=1S/C30H44O8/c1-16-27(33)24(35-4)13-26(37-16)38-23-12-18-5-6-21-20(28(18,2)14-22(23)31)7-9-29(3)19(8-10-30(21,29)34)17-11-25(32)36-15-17/h8,11,16,18,20-24,26-27,31,33-34H,5-7,9-10,12-15H2,1-4H3/t16-,18-,20+,21+,22-,23-,24-,26+,27+,28+,29-,30+/m1/s1. The van der Waals surface area contributed by atoms with Gasteiger partial charge in [0, 0.05) is 30.6 Å². The maximum atomic E-state index is 12.4. The molecule has 0 amide bonds. The van der Waals surface area contributed by atoms with Gasteiger partial charge >= 0.3 is 5.97 Å². The van der Waals surface area contributed by atoms with Crippen molar-refractivity contribution in [1.29, 1.82) is 0 Å². The van der Waals surface area contributed by atoms with Crippen molar-refractivity contribution in [3.05, 3.63) is 23.3 Å². The summed E-state index contributed by atoms with van der Waals surface area (Å²) in [6, 6.07) is 0. The SMILES string of the molecule is CO[C@@H]1C[C@H](O[C@@H]2C[C@H]3CC[C@H]4[C@H](CC[C@]5(C)C(C6=CC(=O)OC6)=CC[C@]45O)[C@@]3(C)C[C@H]2O)O[C@H](C)[C@@H]1O. The Morgan fingerprint density at radius 1 is 1.08 bits per heavy atom. The van der Waals surface area contributed by atoms with Crippen LogP contribution in [-0.2, 0) is 23.7 Å². The molecule has 0 radical (unpaired) electrons. The number of carbonyl (C=O) groups is 1. The van der Waals surface area contributed by atoms with E-state index in [0.29, 0.717) is 37.7 Å². The van der Waals surface area contributed by atoms with Crippen LogP contribution < -0.4 is 0 Å². The third-order valence-electron chi connectivity index (χ3n) is 11.7. The number of aliphatic hydroxyl groups excluding tert-OH is 2. The van der Waals surface area contributed by atoms with Gasteiger partial charge in [0.15, 0.2) is 6.29 Å². The van der Waals surface area contributed by atoms with Crippen LogP contribution in [0.3, 0.4) is 0 Å². The van der Waals surface area contributed by atoms with Crippen LogP contribution >= 0.6 is 0 Å². The molecule has 3 N–H and O–H groups in total. The fraction of sp³-hybridized carbons (Fsp3) is 0.833. The van der Waals surface area contributed by atoms with Crippen LogP contribution in [0.4, 0.5) is 0 Å². The zero-order valence-corrected chi connectivity index (χ0v) is 23.1. The van der Waals surface area contributed by atoms with Gasteiger partial charge in [-0.2, -0.15) is 0 Å². The van der Waals surface area contributed by atoms with E-state index in [4.69, 9.17) is 18.9 Å². The van der Waals surface area contributed by atoms with Gasteiger partial charge in [0.2, 0.25) is 0 Å². The van der Waals surface area contributed by atoms with Gasteiger partial charge in [-0.05, 0) is 80.6 Å². The van der Waals surface area contributed by atoms with E-state index in [1.165, 1.54) is 0 Å². The zero-order valence-electron chi connectivity index (χ0n) is 23.1. The van der Waals surface area contributed by atoms with E-state index in [-0.39, 0.29) is 29.5 Å². The minimum Gasteiger partial charge on any atom is -0.458 e. The molecular formula is C30H44O8. The number of methoxy groups -OCH3 is 1. The third-order valence-corrected chi connectivity index (χ3v) is 11.7. The van der Waals surface area contributed by atoms with Gasteiger partial charge in [0.1, 0.15) is 12.7 Å². The smallest absolute Gasteiger partial charge is 0.331 e. The Morgan fingerprint density at radius 2 is 1.87 bits per heavy atom. The average Bonchev–Trinajstić information content (AvgIpc) is 3.41. The fourth-order valence-electron chi connectivity index (χ4n) is 9.49. The van der Waals surface area contributed by atoms with E-state index in [0.717, 1.165) is 43.3 Å². The molecule has 4 aliphatic carbocycles. The molecule has 4 fully saturated rings. The van der Waals surface area contributed by atoms with Crippen molar-refractivity contribution in [2.45, 2.75) is 115 Å². The summed E-state index contributed by atoms with van der Waals surface area (Å²) in [6.07, 6.45) is 7.08. The molecule has 8 nitrogen and oxygen atoms in total. The second-order valence-electron chi connectivity index (χ2n) is 13.3. The first-order valence-corrected chi connectivity index (χ1v) is 14.5. The van der Waals surface area contributed by atoms with Crippen LogP contribution in [0.15, 0.2) is 23.3 Å². The number of carbonyl (C=O) groups excluding carboxylic acids is 1. The van der Waals surface area contributed by atoms with E-state index in [1.807, 2.05) is 6.92 Å². The molecule has 6 rings (SSSR count). The number of hydrogen-bond acceptors (Lipinski definition) is 8. The first kappa shape index (κ1) is 26.9. The normalized spacial score (nSPS) is 52.4. The molecule has 3 saturated carbocycles. The van der Waals surface area contributed by atoms with Crippen molar-refractivity contribution in [3.8, 4) is 0 Å². The summed E-state index contributed by atoms with van der Waals surface area (Å²) in [5.41, 5.74) is 0.677. The lowest BCUT2D eigenvalue weighted by Gasteiger charge is -2.64. The minimum atomic E-state index is -0.855. The van der Waals surface area contributed by atoms with Crippen LogP contribution in [0, 0.1) is 28.6 Å². The maximum absolute atomic E-state index is 12.4. The van der Waals surface area contributed by atoms with Gasteiger partial charge in [0.25, 0.3) is 0 Å². The summed E-state index contributed by atoms with van der Waals surface area (Å²) >= 11 is 0. The van der Waals surface area contributed by atoms with E-state index < -0.39 is 35.6 Å². The summed E-state index contributed by atoms with van der Waals surface area (Å²) in [4.78, 5) is 11.8. The number of ether oxygens (including phenoxy) is 4. The highest BCUT2D eigenvalue weighted by atomic mass is 16.7. The van der Waals surface area contributed by atoms with Gasteiger partial charge in [-0.15, -0.1) is 0 Å². The number of esters is 1. The molecule has 0 aromatic carbocycles. The van der Waals surface area contributed by atoms with Crippen molar-refractivity contribution in [2.24, 2.45) is 28.6 Å². The van der Waals surface area contributed by atoms with E-state index in [9.17, 15) is 20.1 Å². The van der Waals surface area contributed by atoms with Gasteiger partial charge in [0.05, 0.1) is 30.0 Å². The molecule has 212 valence electrons. The lowest BCUT2D eigenvalue weighted by Crippen LogP contribution is -2.63. The molecule has 0 spiro atoms. The minimum absolute atomic E-state index is 0.0836. The number of rotatable bonds is 4. The van der Waals surface area contributed by atoms with Gasteiger partial charge in [-0.25, -0.2) is 4.79 Å². The topological polar surface area (TPSA) is 115 Å². The Balaban J connectivity index is 1.18. The Morgan fingerprint density at radius 3 is 2.58 bits per heavy atom. The van der Waals surface area contributed by atoms with Crippen molar-refractivity contribution in [3.63, 3.8) is 0 Å². The first-order valence-electron chi connectivity index (χ1n) is 14.5. The van der Waals surface area contributed by atoms with Crippen LogP contribution in [0.5, 0.6) is 0 Å². The molecule has 2 aliphatic heterocycles. The largest absolute Gasteiger partial charge is 0.458 e. The second kappa shape index (κ2) is 9.38. The van der Waals surface area contributed by atoms with Gasteiger partial charge < -0.3 is 34.3 Å². The van der Waals surface area contributed by atoms with Crippen molar-refractivity contribution in [1.82, 2.24) is 0 Å². The van der Waals surface area contributed by atoms with Crippen LogP contribution in [0.1, 0.15) is 72.1 Å². The van der Waals surface area contributed by atoms with Crippen LogP contribution in [-0.4, -0.2) is 77.4 Å². The van der Waals surface area contributed by atoms with Crippen molar-refractivity contribution in [2.75, 3.05) is 13.7 Å². The highest BCUT2D eigenvalue weighted by molar-refractivity contribution is 5.86. The summed E-state index contributed by atoms with van der Waals surface area (Å²) in [6.45, 7) is 6.62. The maximum Gasteiger partial charge on any atom is 0.331 e. The molecule has 12 atom stereocenters. The number of cyclic esters (lactones) is 1. The van der Waals surface area contributed by atoms with E-state index in [1.54, 1.807) is 13.2 Å². The van der Waals surface area contributed by atoms with Gasteiger partial charge in [-0.1, -0.05) is 19.9 Å². The van der Waals surface area contributed by atoms with Gasteiger partial charge in [-0.3, -0.25) is 0 Å². The fourth-order valence-corrected chi connectivity index (χ4v) is 9.49. The first-order chi connectivity index (χ1) is 18.0. The Hall–Kier alpha value is -1.29. The molecule has 0 bridgehead atoms. The zero-order chi connectivity index (χ0) is 27.0. The number of aliphatic hydroxyl groups is 3. The molecule has 2 heterocycles. The van der Waals surface area contributed by atoms with Crippen molar-refractivity contribution >= 4 is 5.97 Å². The number of hydrogen-bond donors (Lipinski definition) is 3. The molecular weight excluding hydrogens is 488 g/mol. The highest BCUT2D eigenvalue weighted by Crippen LogP contribution is 2.68. The summed E-state index contributed by atoms with van der Waals surface area (Å²) in [5, 5.41) is 34.0. The average molecular weight is 533 g/mol. The predicted molar refractivity (Wildman–Crippen MR) is 138 cm³/mol. The van der Waals surface area contributed by atoms with Crippen molar-refractivity contribution < 1.29 is 39.1 Å². The Kier molecular flexibility index (Phi) is 6.64. The molecule has 0 aromatic rings. The lowest BCUT2D eigenvalue weighted by atomic mass is 9.43. The van der Waals surface area contributed by atoms with Crippen LogP contribution in [0.2, 0.25) is 0 Å². The third kappa shape index (κ3) is 3.89. The molecule has 0 aromatic heterocycles.